The minimum atomic E-state index is 0.0185. The number of hydrogen-bond donors (Lipinski definition) is 1. The largest absolute Gasteiger partial charge is 0.379 e. The molecule has 2 fully saturated rings. The predicted octanol–water partition coefficient (Wildman–Crippen LogP) is 4.60. The van der Waals surface area contributed by atoms with Crippen molar-refractivity contribution in [3.63, 3.8) is 0 Å². The van der Waals surface area contributed by atoms with Crippen LogP contribution in [0.4, 0.5) is 0 Å². The Balaban J connectivity index is 1.37. The van der Waals surface area contributed by atoms with Gasteiger partial charge in [-0.15, -0.1) is 11.3 Å². The lowest BCUT2D eigenvalue weighted by Crippen LogP contribution is -2.43. The van der Waals surface area contributed by atoms with Gasteiger partial charge in [-0.1, -0.05) is 37.5 Å². The molecule has 1 N–H and O–H groups in total. The van der Waals surface area contributed by atoms with Crippen molar-refractivity contribution in [2.24, 2.45) is 0 Å². The molecule has 1 saturated carbocycles. The van der Waals surface area contributed by atoms with Crippen molar-refractivity contribution < 1.29 is 9.53 Å². The number of carbonyl (C=O) groups excluding carboxylic acids is 1. The average molecular weight is 399 g/mol. The van der Waals surface area contributed by atoms with Crippen LogP contribution >= 0.6 is 11.3 Å². The first-order chi connectivity index (χ1) is 13.8. The van der Waals surface area contributed by atoms with Crippen LogP contribution in [0.25, 0.3) is 0 Å². The smallest absolute Gasteiger partial charge is 0.251 e. The van der Waals surface area contributed by atoms with E-state index in [4.69, 9.17) is 4.74 Å². The van der Waals surface area contributed by atoms with Gasteiger partial charge in [0, 0.05) is 30.1 Å². The van der Waals surface area contributed by atoms with Gasteiger partial charge < -0.3 is 10.1 Å². The molecule has 1 saturated heterocycles. The second kappa shape index (κ2) is 9.68. The fourth-order valence-electron chi connectivity index (χ4n) is 4.41. The van der Waals surface area contributed by atoms with Crippen molar-refractivity contribution in [1.29, 1.82) is 0 Å². The van der Waals surface area contributed by atoms with E-state index in [9.17, 15) is 4.79 Å². The van der Waals surface area contributed by atoms with E-state index in [0.717, 1.165) is 31.9 Å². The number of amides is 1. The molecule has 1 aromatic heterocycles. The molecule has 2 aromatic rings. The van der Waals surface area contributed by atoms with Gasteiger partial charge in [0.15, 0.2) is 0 Å². The molecular weight excluding hydrogens is 368 g/mol. The maximum absolute atomic E-state index is 12.7. The number of ether oxygens (including phenoxy) is 1. The summed E-state index contributed by atoms with van der Waals surface area (Å²) in [7, 11) is 0. The zero-order valence-electron chi connectivity index (χ0n) is 16.4. The highest BCUT2D eigenvalue weighted by molar-refractivity contribution is 7.10. The van der Waals surface area contributed by atoms with Gasteiger partial charge in [0.1, 0.15) is 0 Å². The van der Waals surface area contributed by atoms with E-state index in [2.05, 4.69) is 39.9 Å². The summed E-state index contributed by atoms with van der Waals surface area (Å²) in [5, 5.41) is 5.27. The van der Waals surface area contributed by atoms with Crippen LogP contribution < -0.4 is 5.32 Å². The van der Waals surface area contributed by atoms with Crippen LogP contribution in [0.3, 0.4) is 0 Å². The Morgan fingerprint density at radius 2 is 1.86 bits per heavy atom. The Morgan fingerprint density at radius 1 is 1.11 bits per heavy atom. The van der Waals surface area contributed by atoms with Crippen molar-refractivity contribution in [2.75, 3.05) is 32.8 Å². The Bertz CT molecular complexity index is 732. The van der Waals surface area contributed by atoms with Gasteiger partial charge in [0.2, 0.25) is 0 Å². The first-order valence-corrected chi connectivity index (χ1v) is 11.4. The van der Waals surface area contributed by atoms with Gasteiger partial charge in [-0.05, 0) is 47.9 Å². The molecular formula is C23H30N2O2S. The van der Waals surface area contributed by atoms with Crippen molar-refractivity contribution in [2.45, 2.75) is 44.1 Å². The Morgan fingerprint density at radius 3 is 2.54 bits per heavy atom. The minimum Gasteiger partial charge on any atom is -0.379 e. The van der Waals surface area contributed by atoms with Gasteiger partial charge in [0.05, 0.1) is 19.3 Å². The summed E-state index contributed by atoms with van der Waals surface area (Å²) in [4.78, 5) is 16.5. The van der Waals surface area contributed by atoms with Crippen molar-refractivity contribution in [3.8, 4) is 0 Å². The fraction of sp³-hybridized carbons (Fsp3) is 0.522. The summed E-state index contributed by atoms with van der Waals surface area (Å²) in [5.41, 5.74) is 2.15. The highest BCUT2D eigenvalue weighted by Crippen LogP contribution is 2.32. The molecule has 0 radical (unpaired) electrons. The molecule has 0 bridgehead atoms. The summed E-state index contributed by atoms with van der Waals surface area (Å²) in [6, 6.07) is 12.8. The SMILES string of the molecule is O=C(NC[C@H](c1cccs1)N1CCOCC1)c1ccc(C2CCCCC2)cc1. The molecule has 2 aliphatic rings. The van der Waals surface area contributed by atoms with E-state index >= 15 is 0 Å². The highest BCUT2D eigenvalue weighted by atomic mass is 32.1. The summed E-state index contributed by atoms with van der Waals surface area (Å²) in [5.74, 6) is 0.695. The standard InChI is InChI=1S/C23H30N2O2S/c26-23(20-10-8-19(9-11-20)18-5-2-1-3-6-18)24-17-21(22-7-4-16-28-22)25-12-14-27-15-13-25/h4,7-11,16,18,21H,1-3,5-6,12-15,17H2,(H,24,26)/t21-/m1/s1. The maximum Gasteiger partial charge on any atom is 0.251 e. The van der Waals surface area contributed by atoms with Crippen LogP contribution in [0.5, 0.6) is 0 Å². The number of rotatable bonds is 6. The summed E-state index contributed by atoms with van der Waals surface area (Å²) in [6.45, 7) is 3.98. The lowest BCUT2D eigenvalue weighted by Gasteiger charge is -2.34. The summed E-state index contributed by atoms with van der Waals surface area (Å²) in [6.07, 6.45) is 6.60. The molecule has 4 rings (SSSR count). The second-order valence-corrected chi connectivity index (χ2v) is 8.83. The number of hydrogen-bond acceptors (Lipinski definition) is 4. The molecule has 1 aliphatic heterocycles. The van der Waals surface area contributed by atoms with Crippen LogP contribution in [0.2, 0.25) is 0 Å². The van der Waals surface area contributed by atoms with E-state index < -0.39 is 0 Å². The molecule has 1 amide bonds. The number of nitrogens with one attached hydrogen (secondary N) is 1. The third-order valence-electron chi connectivity index (χ3n) is 6.06. The van der Waals surface area contributed by atoms with Gasteiger partial charge >= 0.3 is 0 Å². The van der Waals surface area contributed by atoms with Crippen LogP contribution in [-0.4, -0.2) is 43.7 Å². The number of thiophene rings is 1. The number of benzene rings is 1. The molecule has 150 valence electrons. The zero-order chi connectivity index (χ0) is 19.2. The van der Waals surface area contributed by atoms with Crippen molar-refractivity contribution >= 4 is 17.2 Å². The van der Waals surface area contributed by atoms with E-state index in [1.807, 2.05) is 12.1 Å². The molecule has 28 heavy (non-hydrogen) atoms. The highest BCUT2D eigenvalue weighted by Gasteiger charge is 2.24. The van der Waals surface area contributed by atoms with E-state index in [-0.39, 0.29) is 11.9 Å². The number of morpholine rings is 1. The third kappa shape index (κ3) is 4.83. The zero-order valence-corrected chi connectivity index (χ0v) is 17.3. The first kappa shape index (κ1) is 19.6. The minimum absolute atomic E-state index is 0.0185. The van der Waals surface area contributed by atoms with Crippen molar-refractivity contribution in [1.82, 2.24) is 10.2 Å². The third-order valence-corrected chi connectivity index (χ3v) is 7.04. The van der Waals surface area contributed by atoms with E-state index in [1.54, 1.807) is 11.3 Å². The lowest BCUT2D eigenvalue weighted by molar-refractivity contribution is 0.0169. The molecule has 5 heteroatoms. The molecule has 4 nitrogen and oxygen atoms in total. The number of carbonyl (C=O) groups is 1. The number of nitrogens with zero attached hydrogens (tertiary/aromatic N) is 1. The topological polar surface area (TPSA) is 41.6 Å². The van der Waals surface area contributed by atoms with Crippen LogP contribution in [0, 0.1) is 0 Å². The molecule has 0 spiro atoms. The normalized spacial score (nSPS) is 20.0. The van der Waals surface area contributed by atoms with Gasteiger partial charge in [-0.3, -0.25) is 9.69 Å². The summed E-state index contributed by atoms with van der Waals surface area (Å²) >= 11 is 1.76. The van der Waals surface area contributed by atoms with Gasteiger partial charge in [-0.25, -0.2) is 0 Å². The monoisotopic (exact) mass is 398 g/mol. The van der Waals surface area contributed by atoms with Crippen LogP contribution in [-0.2, 0) is 4.74 Å². The Kier molecular flexibility index (Phi) is 6.78. The van der Waals surface area contributed by atoms with Gasteiger partial charge in [0.25, 0.3) is 5.91 Å². The first-order valence-electron chi connectivity index (χ1n) is 10.5. The van der Waals surface area contributed by atoms with Crippen LogP contribution in [0.15, 0.2) is 41.8 Å². The maximum atomic E-state index is 12.7. The molecule has 0 unspecified atom stereocenters. The summed E-state index contributed by atoms with van der Waals surface area (Å²) < 4.78 is 5.50. The fourth-order valence-corrected chi connectivity index (χ4v) is 5.27. The Labute approximate surface area is 171 Å². The average Bonchev–Trinajstić information content (AvgIpc) is 3.30. The van der Waals surface area contributed by atoms with Crippen molar-refractivity contribution in [3.05, 3.63) is 57.8 Å². The molecule has 2 heterocycles. The molecule has 1 aliphatic carbocycles. The van der Waals surface area contributed by atoms with Crippen LogP contribution in [0.1, 0.15) is 64.9 Å². The lowest BCUT2D eigenvalue weighted by atomic mass is 9.84. The molecule has 1 atom stereocenters. The second-order valence-electron chi connectivity index (χ2n) is 7.85. The Hall–Kier alpha value is -1.69. The van der Waals surface area contributed by atoms with E-state index in [0.29, 0.717) is 12.5 Å². The van der Waals surface area contributed by atoms with Gasteiger partial charge in [-0.2, -0.15) is 0 Å². The van der Waals surface area contributed by atoms with E-state index in [1.165, 1.54) is 42.5 Å². The predicted molar refractivity (Wildman–Crippen MR) is 114 cm³/mol. The quantitative estimate of drug-likeness (QED) is 0.773. The molecule has 1 aromatic carbocycles.